The number of nitrogens with zero attached hydrogens (tertiary/aromatic N) is 1. The highest BCUT2D eigenvalue weighted by atomic mass is 32.2. The fourth-order valence-corrected chi connectivity index (χ4v) is 3.38. The average molecular weight is 436 g/mol. The zero-order valence-corrected chi connectivity index (χ0v) is 18.9. The first-order valence-corrected chi connectivity index (χ1v) is 11.0. The van der Waals surface area contributed by atoms with Crippen molar-refractivity contribution in [1.82, 2.24) is 4.90 Å². The van der Waals surface area contributed by atoms with Crippen LogP contribution in [0.15, 0.2) is 23.1 Å². The lowest BCUT2D eigenvalue weighted by atomic mass is 10.1. The Balaban J connectivity index is 2.18. The summed E-state index contributed by atoms with van der Waals surface area (Å²) >= 11 is 0.800. The van der Waals surface area contributed by atoms with Crippen LogP contribution in [0.5, 0.6) is 11.5 Å². The molecule has 1 aromatic carbocycles. The van der Waals surface area contributed by atoms with E-state index in [2.05, 4.69) is 0 Å². The van der Waals surface area contributed by atoms with Crippen LogP contribution >= 0.6 is 11.8 Å². The van der Waals surface area contributed by atoms with Crippen LogP contribution in [0, 0.1) is 0 Å². The summed E-state index contributed by atoms with van der Waals surface area (Å²) in [6, 6.07) is 5.36. The van der Waals surface area contributed by atoms with E-state index < -0.39 is 23.7 Å². The van der Waals surface area contributed by atoms with Crippen LogP contribution in [0.1, 0.15) is 53.0 Å². The largest absolute Gasteiger partial charge is 0.490 e. The van der Waals surface area contributed by atoms with Gasteiger partial charge in [0.05, 0.1) is 23.7 Å². The molecule has 1 heterocycles. The minimum atomic E-state index is -0.599. The van der Waals surface area contributed by atoms with Gasteiger partial charge < -0.3 is 14.2 Å². The summed E-state index contributed by atoms with van der Waals surface area (Å²) in [6.07, 6.45) is 2.91. The van der Waals surface area contributed by atoms with E-state index in [-0.39, 0.29) is 17.1 Å². The van der Waals surface area contributed by atoms with Gasteiger partial charge in [-0.25, -0.2) is 0 Å². The SMILES string of the molecule is CCOc1cc(/C=C2/SC(=O)N(CC(=O)O[C@H](C)CC)C2=O)ccc1O[C@@H](C)CC. The smallest absolute Gasteiger partial charge is 0.326 e. The second-order valence-corrected chi connectivity index (χ2v) is 7.95. The number of thioether (sulfide) groups is 1. The molecule has 1 fully saturated rings. The van der Waals surface area contributed by atoms with E-state index in [1.165, 1.54) is 0 Å². The quantitative estimate of drug-likeness (QED) is 0.391. The summed E-state index contributed by atoms with van der Waals surface area (Å²) in [4.78, 5) is 38.0. The first-order chi connectivity index (χ1) is 14.3. The molecule has 30 heavy (non-hydrogen) atoms. The Morgan fingerprint density at radius 1 is 1.10 bits per heavy atom. The normalized spacial score (nSPS) is 17.2. The van der Waals surface area contributed by atoms with Crippen molar-refractivity contribution in [2.45, 2.75) is 59.7 Å². The number of amides is 2. The Labute approximate surface area is 181 Å². The van der Waals surface area contributed by atoms with E-state index in [1.807, 2.05) is 27.7 Å². The van der Waals surface area contributed by atoms with Crippen LogP contribution in [-0.4, -0.2) is 47.4 Å². The molecular formula is C22H29NO6S. The predicted molar refractivity (Wildman–Crippen MR) is 117 cm³/mol. The highest BCUT2D eigenvalue weighted by Gasteiger charge is 2.36. The van der Waals surface area contributed by atoms with Gasteiger partial charge >= 0.3 is 5.97 Å². The summed E-state index contributed by atoms with van der Waals surface area (Å²) in [6.45, 7) is 9.61. The van der Waals surface area contributed by atoms with Crippen molar-refractivity contribution >= 4 is 35.0 Å². The maximum Gasteiger partial charge on any atom is 0.326 e. The fraction of sp³-hybridized carbons (Fsp3) is 0.500. The van der Waals surface area contributed by atoms with Crippen molar-refractivity contribution < 1.29 is 28.6 Å². The number of hydrogen-bond acceptors (Lipinski definition) is 7. The van der Waals surface area contributed by atoms with Gasteiger partial charge in [-0.1, -0.05) is 19.9 Å². The molecule has 0 aromatic heterocycles. The van der Waals surface area contributed by atoms with Gasteiger partial charge in [0.15, 0.2) is 11.5 Å². The van der Waals surface area contributed by atoms with E-state index in [9.17, 15) is 14.4 Å². The number of esters is 1. The van der Waals surface area contributed by atoms with E-state index in [1.54, 1.807) is 31.2 Å². The maximum atomic E-state index is 12.6. The number of hydrogen-bond donors (Lipinski definition) is 0. The highest BCUT2D eigenvalue weighted by Crippen LogP contribution is 2.35. The summed E-state index contributed by atoms with van der Waals surface area (Å²) in [5, 5.41) is -0.492. The molecule has 0 unspecified atom stereocenters. The Morgan fingerprint density at radius 3 is 2.43 bits per heavy atom. The minimum absolute atomic E-state index is 0.0433. The highest BCUT2D eigenvalue weighted by molar-refractivity contribution is 8.18. The van der Waals surface area contributed by atoms with Crippen LogP contribution < -0.4 is 9.47 Å². The van der Waals surface area contributed by atoms with Crippen LogP contribution in [0.4, 0.5) is 4.79 Å². The van der Waals surface area contributed by atoms with E-state index in [0.29, 0.717) is 30.1 Å². The van der Waals surface area contributed by atoms with Crippen molar-refractivity contribution in [3.05, 3.63) is 28.7 Å². The zero-order valence-electron chi connectivity index (χ0n) is 18.1. The molecule has 0 N–H and O–H groups in total. The van der Waals surface area contributed by atoms with Crippen LogP contribution in [0.2, 0.25) is 0 Å². The number of benzene rings is 1. The van der Waals surface area contributed by atoms with Crippen molar-refractivity contribution in [2.75, 3.05) is 13.2 Å². The average Bonchev–Trinajstić information content (AvgIpc) is 2.97. The van der Waals surface area contributed by atoms with Gasteiger partial charge in [-0.15, -0.1) is 0 Å². The van der Waals surface area contributed by atoms with Gasteiger partial charge in [-0.2, -0.15) is 0 Å². The second kappa shape index (κ2) is 11.1. The number of carbonyl (C=O) groups excluding carboxylic acids is 3. The number of imide groups is 1. The van der Waals surface area contributed by atoms with Gasteiger partial charge in [-0.05, 0) is 69.1 Å². The number of rotatable bonds is 10. The summed E-state index contributed by atoms with van der Waals surface area (Å²) < 4.78 is 16.7. The molecule has 0 saturated carbocycles. The molecule has 8 heteroatoms. The molecule has 1 aromatic rings. The standard InChI is InChI=1S/C22H29NO6S/c1-6-14(4)28-17-10-9-16(11-18(17)27-8-3)12-19-21(25)23(22(26)30-19)13-20(24)29-15(5)7-2/h9-12,14-15H,6-8,13H2,1-5H3/b19-12+/t14-,15+/m0/s1. The summed E-state index contributed by atoms with van der Waals surface area (Å²) in [5.74, 6) is 0.0919. The molecule has 164 valence electrons. The van der Waals surface area contributed by atoms with Gasteiger partial charge in [0, 0.05) is 0 Å². The molecule has 7 nitrogen and oxygen atoms in total. The molecular weight excluding hydrogens is 406 g/mol. The van der Waals surface area contributed by atoms with Crippen molar-refractivity contribution in [1.29, 1.82) is 0 Å². The lowest BCUT2D eigenvalue weighted by Gasteiger charge is -2.16. The second-order valence-electron chi connectivity index (χ2n) is 6.95. The minimum Gasteiger partial charge on any atom is -0.490 e. The lowest BCUT2D eigenvalue weighted by Crippen LogP contribution is -2.35. The molecule has 0 radical (unpaired) electrons. The molecule has 1 aliphatic rings. The Bertz CT molecular complexity index is 822. The monoisotopic (exact) mass is 435 g/mol. The van der Waals surface area contributed by atoms with Gasteiger partial charge in [-0.3, -0.25) is 19.3 Å². The first kappa shape index (κ1) is 23.8. The molecule has 0 aliphatic carbocycles. The summed E-state index contributed by atoms with van der Waals surface area (Å²) in [7, 11) is 0. The van der Waals surface area contributed by atoms with Gasteiger partial charge in [0.2, 0.25) is 0 Å². The third kappa shape index (κ3) is 6.26. The molecule has 2 amide bonds. The van der Waals surface area contributed by atoms with E-state index in [4.69, 9.17) is 14.2 Å². The topological polar surface area (TPSA) is 82.1 Å². The number of carbonyl (C=O) groups is 3. The first-order valence-electron chi connectivity index (χ1n) is 10.2. The third-order valence-electron chi connectivity index (χ3n) is 4.54. The Hall–Kier alpha value is -2.48. The Morgan fingerprint density at radius 2 is 1.80 bits per heavy atom. The van der Waals surface area contributed by atoms with Gasteiger partial charge in [0.1, 0.15) is 6.54 Å². The van der Waals surface area contributed by atoms with E-state index in [0.717, 1.165) is 23.1 Å². The lowest BCUT2D eigenvalue weighted by molar-refractivity contribution is -0.150. The molecule has 0 spiro atoms. The Kier molecular flexibility index (Phi) is 8.77. The number of ether oxygens (including phenoxy) is 3. The van der Waals surface area contributed by atoms with Gasteiger partial charge in [0.25, 0.3) is 11.1 Å². The summed E-state index contributed by atoms with van der Waals surface area (Å²) in [5.41, 5.74) is 0.697. The predicted octanol–water partition coefficient (Wildman–Crippen LogP) is 4.64. The molecule has 1 aliphatic heterocycles. The molecule has 2 rings (SSSR count). The zero-order chi connectivity index (χ0) is 22.3. The molecule has 2 atom stereocenters. The third-order valence-corrected chi connectivity index (χ3v) is 5.44. The van der Waals surface area contributed by atoms with Crippen molar-refractivity contribution in [3.63, 3.8) is 0 Å². The van der Waals surface area contributed by atoms with Crippen LogP contribution in [0.3, 0.4) is 0 Å². The fourth-order valence-electron chi connectivity index (χ4n) is 2.54. The van der Waals surface area contributed by atoms with Crippen LogP contribution in [0.25, 0.3) is 6.08 Å². The van der Waals surface area contributed by atoms with Crippen molar-refractivity contribution in [2.24, 2.45) is 0 Å². The molecule has 1 saturated heterocycles. The van der Waals surface area contributed by atoms with E-state index >= 15 is 0 Å². The molecule has 0 bridgehead atoms. The maximum absolute atomic E-state index is 12.6. The van der Waals surface area contributed by atoms with Crippen LogP contribution in [-0.2, 0) is 14.3 Å². The van der Waals surface area contributed by atoms with Crippen molar-refractivity contribution in [3.8, 4) is 11.5 Å².